The lowest BCUT2D eigenvalue weighted by molar-refractivity contribution is -0.144. The van der Waals surface area contributed by atoms with Gasteiger partial charge in [-0.15, -0.1) is 0 Å². The van der Waals surface area contributed by atoms with E-state index in [0.717, 1.165) is 6.54 Å². The molecule has 19 heavy (non-hydrogen) atoms. The number of carbonyl (C=O) groups is 1. The van der Waals surface area contributed by atoms with E-state index in [4.69, 9.17) is 5.73 Å². The van der Waals surface area contributed by atoms with Gasteiger partial charge in [-0.1, -0.05) is 29.8 Å². The molecule has 1 fully saturated rings. The highest BCUT2D eigenvalue weighted by Gasteiger charge is 2.35. The molecule has 1 saturated heterocycles. The van der Waals surface area contributed by atoms with E-state index < -0.39 is 0 Å². The van der Waals surface area contributed by atoms with Crippen molar-refractivity contribution in [2.45, 2.75) is 32.5 Å². The zero-order chi connectivity index (χ0) is 14.0. The summed E-state index contributed by atoms with van der Waals surface area (Å²) in [7, 11) is 1.97. The Morgan fingerprint density at radius 1 is 1.32 bits per heavy atom. The van der Waals surface area contributed by atoms with Crippen LogP contribution in [0.2, 0.25) is 0 Å². The summed E-state index contributed by atoms with van der Waals surface area (Å²) in [6.07, 6.45) is 0. The Balaban J connectivity index is 2.13. The molecule has 0 bridgehead atoms. The Morgan fingerprint density at radius 2 is 1.95 bits per heavy atom. The molecule has 1 aliphatic heterocycles. The SMILES string of the molecule is Cc1ccc(CN2C(=O)C(CN)N(C)CC2C)cc1. The predicted octanol–water partition coefficient (Wildman–Crippen LogP) is 0.985. The minimum Gasteiger partial charge on any atom is -0.333 e. The Bertz CT molecular complexity index is 443. The Hall–Kier alpha value is -1.39. The number of benzene rings is 1. The zero-order valence-electron chi connectivity index (χ0n) is 12.0. The molecule has 1 aromatic rings. The van der Waals surface area contributed by atoms with Crippen molar-refractivity contribution in [2.24, 2.45) is 5.73 Å². The summed E-state index contributed by atoms with van der Waals surface area (Å²) >= 11 is 0. The third-order valence-electron chi connectivity index (χ3n) is 3.88. The van der Waals surface area contributed by atoms with Gasteiger partial charge in [0.05, 0.1) is 0 Å². The van der Waals surface area contributed by atoms with E-state index in [2.05, 4.69) is 43.0 Å². The van der Waals surface area contributed by atoms with Gasteiger partial charge in [-0.2, -0.15) is 0 Å². The molecule has 1 amide bonds. The van der Waals surface area contributed by atoms with Gasteiger partial charge in [0.25, 0.3) is 0 Å². The molecule has 0 saturated carbocycles. The molecule has 4 nitrogen and oxygen atoms in total. The van der Waals surface area contributed by atoms with Crippen LogP contribution in [0.25, 0.3) is 0 Å². The van der Waals surface area contributed by atoms with Crippen LogP contribution in [-0.2, 0) is 11.3 Å². The van der Waals surface area contributed by atoms with Crippen LogP contribution in [-0.4, -0.2) is 47.9 Å². The first kappa shape index (κ1) is 14.0. The van der Waals surface area contributed by atoms with Crippen molar-refractivity contribution in [3.63, 3.8) is 0 Å². The fourth-order valence-electron chi connectivity index (χ4n) is 2.64. The largest absolute Gasteiger partial charge is 0.333 e. The monoisotopic (exact) mass is 261 g/mol. The molecule has 1 heterocycles. The topological polar surface area (TPSA) is 49.6 Å². The van der Waals surface area contributed by atoms with Crippen LogP contribution < -0.4 is 5.73 Å². The first-order valence-electron chi connectivity index (χ1n) is 6.79. The van der Waals surface area contributed by atoms with Crippen LogP contribution >= 0.6 is 0 Å². The first-order chi connectivity index (χ1) is 9.02. The number of nitrogens with zero attached hydrogens (tertiary/aromatic N) is 2. The van der Waals surface area contributed by atoms with E-state index in [1.165, 1.54) is 11.1 Å². The van der Waals surface area contributed by atoms with Crippen molar-refractivity contribution in [3.8, 4) is 0 Å². The molecule has 0 radical (unpaired) electrons. The number of rotatable bonds is 3. The zero-order valence-corrected chi connectivity index (χ0v) is 12.0. The van der Waals surface area contributed by atoms with Gasteiger partial charge in [0, 0.05) is 25.7 Å². The maximum atomic E-state index is 12.5. The summed E-state index contributed by atoms with van der Waals surface area (Å²) in [6, 6.07) is 8.39. The maximum Gasteiger partial charge on any atom is 0.241 e. The van der Waals surface area contributed by atoms with Crippen molar-refractivity contribution in [1.29, 1.82) is 0 Å². The van der Waals surface area contributed by atoms with E-state index in [1.807, 2.05) is 11.9 Å². The third kappa shape index (κ3) is 2.96. The van der Waals surface area contributed by atoms with Gasteiger partial charge in [-0.05, 0) is 26.5 Å². The molecule has 0 aromatic heterocycles. The van der Waals surface area contributed by atoms with E-state index in [-0.39, 0.29) is 18.0 Å². The van der Waals surface area contributed by atoms with Crippen molar-refractivity contribution in [3.05, 3.63) is 35.4 Å². The number of likely N-dealkylation sites (N-methyl/N-ethyl adjacent to an activating group) is 1. The van der Waals surface area contributed by atoms with Crippen LogP contribution in [0.4, 0.5) is 0 Å². The molecule has 0 aliphatic carbocycles. The number of piperazine rings is 1. The molecule has 2 unspecified atom stereocenters. The number of amides is 1. The summed E-state index contributed by atoms with van der Waals surface area (Å²) in [5.74, 6) is 0.143. The van der Waals surface area contributed by atoms with Gasteiger partial charge >= 0.3 is 0 Å². The summed E-state index contributed by atoms with van der Waals surface area (Å²) in [6.45, 7) is 6.09. The van der Waals surface area contributed by atoms with Crippen molar-refractivity contribution < 1.29 is 4.79 Å². The van der Waals surface area contributed by atoms with Gasteiger partial charge in [0.2, 0.25) is 5.91 Å². The molecule has 2 N–H and O–H groups in total. The molecule has 104 valence electrons. The Labute approximate surface area is 115 Å². The molecule has 2 rings (SSSR count). The lowest BCUT2D eigenvalue weighted by Crippen LogP contribution is -2.61. The highest BCUT2D eigenvalue weighted by Crippen LogP contribution is 2.18. The summed E-state index contributed by atoms with van der Waals surface area (Å²) in [4.78, 5) is 16.5. The van der Waals surface area contributed by atoms with Crippen LogP contribution in [0.3, 0.4) is 0 Å². The van der Waals surface area contributed by atoms with Crippen molar-refractivity contribution >= 4 is 5.91 Å². The van der Waals surface area contributed by atoms with Crippen molar-refractivity contribution in [2.75, 3.05) is 20.1 Å². The van der Waals surface area contributed by atoms with Gasteiger partial charge in [0.1, 0.15) is 6.04 Å². The fraction of sp³-hybridized carbons (Fsp3) is 0.533. The number of aryl methyl sites for hydroxylation is 1. The second kappa shape index (κ2) is 5.72. The highest BCUT2D eigenvalue weighted by atomic mass is 16.2. The standard InChI is InChI=1S/C15H23N3O/c1-11-4-6-13(7-5-11)10-18-12(2)9-17(3)14(8-16)15(18)19/h4-7,12,14H,8-10,16H2,1-3H3. The smallest absolute Gasteiger partial charge is 0.241 e. The second-order valence-electron chi connectivity index (χ2n) is 5.49. The molecular formula is C15H23N3O. The van der Waals surface area contributed by atoms with E-state index in [1.54, 1.807) is 0 Å². The molecule has 1 aliphatic rings. The van der Waals surface area contributed by atoms with Crippen LogP contribution in [0.1, 0.15) is 18.1 Å². The van der Waals surface area contributed by atoms with Gasteiger partial charge in [0.15, 0.2) is 0 Å². The molecule has 0 spiro atoms. The lowest BCUT2D eigenvalue weighted by atomic mass is 10.1. The van der Waals surface area contributed by atoms with Gasteiger partial charge in [-0.3, -0.25) is 9.69 Å². The van der Waals surface area contributed by atoms with Gasteiger partial charge in [-0.25, -0.2) is 0 Å². The number of hydrogen-bond acceptors (Lipinski definition) is 3. The molecular weight excluding hydrogens is 238 g/mol. The number of hydrogen-bond donors (Lipinski definition) is 1. The fourth-order valence-corrected chi connectivity index (χ4v) is 2.64. The van der Waals surface area contributed by atoms with Crippen LogP contribution in [0.15, 0.2) is 24.3 Å². The maximum absolute atomic E-state index is 12.5. The summed E-state index contributed by atoms with van der Waals surface area (Å²) < 4.78 is 0. The lowest BCUT2D eigenvalue weighted by Gasteiger charge is -2.42. The van der Waals surface area contributed by atoms with Crippen molar-refractivity contribution in [1.82, 2.24) is 9.80 Å². The second-order valence-corrected chi connectivity index (χ2v) is 5.49. The minimum atomic E-state index is -0.179. The first-order valence-corrected chi connectivity index (χ1v) is 6.79. The summed E-state index contributed by atoms with van der Waals surface area (Å²) in [5, 5.41) is 0. The molecule has 4 heteroatoms. The van der Waals surface area contributed by atoms with Crippen LogP contribution in [0.5, 0.6) is 0 Å². The number of nitrogens with two attached hydrogens (primary N) is 1. The Morgan fingerprint density at radius 3 is 2.53 bits per heavy atom. The minimum absolute atomic E-state index is 0.143. The summed E-state index contributed by atoms with van der Waals surface area (Å²) in [5.41, 5.74) is 8.13. The Kier molecular flexibility index (Phi) is 4.22. The highest BCUT2D eigenvalue weighted by molar-refractivity contribution is 5.83. The van der Waals surface area contributed by atoms with Gasteiger partial charge < -0.3 is 10.6 Å². The van der Waals surface area contributed by atoms with Crippen LogP contribution in [0, 0.1) is 6.92 Å². The average Bonchev–Trinajstić information content (AvgIpc) is 2.37. The molecule has 2 atom stereocenters. The molecule has 1 aromatic carbocycles. The average molecular weight is 261 g/mol. The van der Waals surface area contributed by atoms with E-state index in [9.17, 15) is 4.79 Å². The number of carbonyl (C=O) groups excluding carboxylic acids is 1. The van der Waals surface area contributed by atoms with E-state index >= 15 is 0 Å². The van der Waals surface area contributed by atoms with E-state index in [0.29, 0.717) is 13.1 Å². The third-order valence-corrected chi connectivity index (χ3v) is 3.88. The predicted molar refractivity (Wildman–Crippen MR) is 76.7 cm³/mol. The quantitative estimate of drug-likeness (QED) is 0.882. The normalized spacial score (nSPS) is 24.8.